The highest BCUT2D eigenvalue weighted by Gasteiger charge is 2.48. The quantitative estimate of drug-likeness (QED) is 0.161. The third kappa shape index (κ3) is 7.92. The van der Waals surface area contributed by atoms with Crippen LogP contribution in [0, 0.1) is 6.92 Å². The number of hydrogen-bond acceptors (Lipinski definition) is 5. The summed E-state index contributed by atoms with van der Waals surface area (Å²) in [5.41, 5.74) is 18.5. The second-order valence-electron chi connectivity index (χ2n) is 26.1. The van der Waals surface area contributed by atoms with Crippen molar-refractivity contribution >= 4 is 90.3 Å². The molecule has 0 bridgehead atoms. The van der Waals surface area contributed by atoms with E-state index in [1.165, 1.54) is 33.4 Å². The molecule has 2 aliphatic rings. The molecule has 0 unspecified atom stereocenters. The van der Waals surface area contributed by atoms with Crippen LogP contribution in [0.1, 0.15) is 139 Å². The van der Waals surface area contributed by atoms with Crippen LogP contribution in [0.5, 0.6) is 0 Å². The standard InChI is InChI=1S/C69H70BN3O2/c1-41-31-57-63-58(32-41)73(55-24-21-44(65(2,3)4)36-50(55)42-27-29-71-30-28-42)64-62(53-37-45(66(5,6)7)22-25-60(53)75-64)70(63)54-40-61-52(51-38-46(23-26-59(51)74-61)69(14,15)43-19-17-16-18-20-43)39-56(54)72(57)49-34-47(67(8,9)10)33-48(35-49)68(11,12)13/h16-40H,1-15H3/i31D,32D. The SMILES string of the molecule is [2H]c1c(C)c([2H])c2c3c1N(c1cc(C(C)(C)C)cc(C(C)(C)C)c1)c1cc4c(cc1B3c1c(oc3ccc(C(C)(C)C)cc13)N2c1ccc(C(C)(C)C)cc1-c1ccncc1)oc1ccc(C(C)(C)c2ccccc2)cc14. The zero-order valence-corrected chi connectivity index (χ0v) is 46.5. The number of pyridine rings is 1. The van der Waals surface area contributed by atoms with Gasteiger partial charge in [-0.05, 0) is 169 Å². The molecular formula is C69H70BN3O2. The topological polar surface area (TPSA) is 45.7 Å². The fraction of sp³-hybridized carbons (Fsp3) is 0.290. The summed E-state index contributed by atoms with van der Waals surface area (Å²) in [5.74, 6) is 0.667. The van der Waals surface area contributed by atoms with Crippen molar-refractivity contribution < 1.29 is 11.6 Å². The molecule has 0 spiro atoms. The number of fused-ring (bicyclic) bond motifs is 9. The summed E-state index contributed by atoms with van der Waals surface area (Å²) >= 11 is 0. The smallest absolute Gasteiger partial charge is 0.257 e. The van der Waals surface area contributed by atoms with E-state index < -0.39 is 6.71 Å². The van der Waals surface area contributed by atoms with Crippen molar-refractivity contribution in [3.63, 3.8) is 0 Å². The average molecular weight is 986 g/mol. The summed E-state index contributed by atoms with van der Waals surface area (Å²) in [5, 5.41) is 3.06. The monoisotopic (exact) mass is 986 g/mol. The minimum atomic E-state index is -0.459. The summed E-state index contributed by atoms with van der Waals surface area (Å²) in [7, 11) is 0. The molecule has 75 heavy (non-hydrogen) atoms. The summed E-state index contributed by atoms with van der Waals surface area (Å²) in [6.45, 7) is 33.3. The molecule has 0 radical (unpaired) electrons. The third-order valence-electron chi connectivity index (χ3n) is 16.3. The Labute approximate surface area is 447 Å². The van der Waals surface area contributed by atoms with Crippen LogP contribution in [0.15, 0.2) is 161 Å². The van der Waals surface area contributed by atoms with Crippen molar-refractivity contribution in [3.8, 4) is 11.1 Å². The Morgan fingerprint density at radius 1 is 0.453 bits per heavy atom. The van der Waals surface area contributed by atoms with E-state index in [2.05, 4.69) is 239 Å². The van der Waals surface area contributed by atoms with Crippen LogP contribution >= 0.6 is 0 Å². The van der Waals surface area contributed by atoms with E-state index in [1.54, 1.807) is 0 Å². The number of anilines is 6. The number of nitrogens with zero attached hydrogens (tertiary/aromatic N) is 3. The molecule has 7 aromatic carbocycles. The van der Waals surface area contributed by atoms with Gasteiger partial charge in [0.05, 0.1) is 8.43 Å². The van der Waals surface area contributed by atoms with Gasteiger partial charge < -0.3 is 13.7 Å². The average Bonchev–Trinajstić information content (AvgIpc) is 3.98. The number of benzene rings is 7. The van der Waals surface area contributed by atoms with Crippen LogP contribution in [0.25, 0.3) is 44.0 Å². The van der Waals surface area contributed by atoms with E-state index in [4.69, 9.17) is 8.83 Å². The minimum absolute atomic E-state index is 0.149. The first-order valence-electron chi connectivity index (χ1n) is 27.8. The molecule has 3 aromatic heterocycles. The molecule has 376 valence electrons. The molecule has 0 N–H and O–H groups in total. The van der Waals surface area contributed by atoms with Crippen LogP contribution in [-0.2, 0) is 27.1 Å². The summed E-state index contributed by atoms with van der Waals surface area (Å²) in [6.07, 6.45) is 3.70. The first kappa shape index (κ1) is 46.2. The lowest BCUT2D eigenvalue weighted by molar-refractivity contribution is 0.568. The maximum Gasteiger partial charge on any atom is 0.257 e. The van der Waals surface area contributed by atoms with Gasteiger partial charge in [-0.25, -0.2) is 0 Å². The second kappa shape index (κ2) is 16.6. The Kier molecular flexibility index (Phi) is 10.2. The van der Waals surface area contributed by atoms with Crippen molar-refractivity contribution in [2.45, 2.75) is 131 Å². The summed E-state index contributed by atoms with van der Waals surface area (Å²) < 4.78 is 35.4. The van der Waals surface area contributed by atoms with E-state index in [0.29, 0.717) is 29.2 Å². The zero-order valence-electron chi connectivity index (χ0n) is 48.5. The van der Waals surface area contributed by atoms with Crippen molar-refractivity contribution in [2.24, 2.45) is 0 Å². The van der Waals surface area contributed by atoms with Crippen molar-refractivity contribution in [1.29, 1.82) is 0 Å². The van der Waals surface area contributed by atoms with E-state index in [0.717, 1.165) is 83.2 Å². The molecular weight excluding hydrogens is 914 g/mol. The fourth-order valence-corrected chi connectivity index (χ4v) is 11.7. The van der Waals surface area contributed by atoms with Gasteiger partial charge in [-0.3, -0.25) is 9.88 Å². The fourth-order valence-electron chi connectivity index (χ4n) is 11.7. The van der Waals surface area contributed by atoms with Crippen LogP contribution < -0.4 is 26.2 Å². The largest absolute Gasteiger partial charge is 0.456 e. The molecule has 0 fully saturated rings. The maximum absolute atomic E-state index is 10.6. The van der Waals surface area contributed by atoms with Crippen LogP contribution in [-0.4, -0.2) is 11.7 Å². The van der Waals surface area contributed by atoms with Crippen molar-refractivity contribution in [3.05, 3.63) is 191 Å². The van der Waals surface area contributed by atoms with Crippen molar-refractivity contribution in [1.82, 2.24) is 4.98 Å². The molecule has 0 saturated heterocycles. The van der Waals surface area contributed by atoms with Gasteiger partial charge in [0.25, 0.3) is 6.71 Å². The first-order chi connectivity index (χ1) is 36.2. The van der Waals surface area contributed by atoms with Gasteiger partial charge >= 0.3 is 0 Å². The molecule has 6 heteroatoms. The number of furan rings is 2. The highest BCUT2D eigenvalue weighted by atomic mass is 16.4. The second-order valence-corrected chi connectivity index (χ2v) is 26.1. The highest BCUT2D eigenvalue weighted by molar-refractivity contribution is 7.01. The van der Waals surface area contributed by atoms with Gasteiger partial charge in [-0.2, -0.15) is 0 Å². The third-order valence-corrected chi connectivity index (χ3v) is 16.3. The molecule has 5 nitrogen and oxygen atoms in total. The lowest BCUT2D eigenvalue weighted by Crippen LogP contribution is -2.61. The zero-order chi connectivity index (χ0) is 54.6. The van der Waals surface area contributed by atoms with Gasteiger partial charge in [0, 0.05) is 67.7 Å². The molecule has 0 amide bonds. The van der Waals surface area contributed by atoms with Gasteiger partial charge in [-0.15, -0.1) is 0 Å². The van der Waals surface area contributed by atoms with Gasteiger partial charge in [0.15, 0.2) is 0 Å². The van der Waals surface area contributed by atoms with Gasteiger partial charge in [0.1, 0.15) is 16.7 Å². The number of hydrogen-bond donors (Lipinski definition) is 0. The lowest BCUT2D eigenvalue weighted by Gasteiger charge is -2.43. The molecule has 10 aromatic rings. The highest BCUT2D eigenvalue weighted by Crippen LogP contribution is 2.51. The Balaban J connectivity index is 1.25. The van der Waals surface area contributed by atoms with E-state index in [9.17, 15) is 2.74 Å². The molecule has 0 aliphatic carbocycles. The molecule has 2 aliphatic heterocycles. The minimum Gasteiger partial charge on any atom is -0.456 e. The van der Waals surface area contributed by atoms with E-state index in [1.807, 2.05) is 19.3 Å². The normalized spacial score (nSPS) is 14.4. The Morgan fingerprint density at radius 3 is 1.65 bits per heavy atom. The van der Waals surface area contributed by atoms with Gasteiger partial charge in [0.2, 0.25) is 5.88 Å². The number of rotatable bonds is 5. The molecule has 5 heterocycles. The maximum atomic E-state index is 10.6. The predicted octanol–water partition coefficient (Wildman–Crippen LogP) is 17.3. The molecule has 0 atom stereocenters. The Hall–Kier alpha value is -7.31. The van der Waals surface area contributed by atoms with Crippen molar-refractivity contribution in [2.75, 3.05) is 9.80 Å². The molecule has 0 saturated carbocycles. The van der Waals surface area contributed by atoms with E-state index in [-0.39, 0.29) is 27.1 Å². The Morgan fingerprint density at radius 2 is 1.01 bits per heavy atom. The Bertz CT molecular complexity index is 4020. The first-order valence-corrected chi connectivity index (χ1v) is 26.8. The van der Waals surface area contributed by atoms with Crippen LogP contribution in [0.3, 0.4) is 0 Å². The lowest BCUT2D eigenvalue weighted by atomic mass is 9.33. The number of aromatic nitrogens is 1. The molecule has 12 rings (SSSR count). The summed E-state index contributed by atoms with van der Waals surface area (Å²) in [4.78, 5) is 9.06. The van der Waals surface area contributed by atoms with E-state index >= 15 is 0 Å². The van der Waals surface area contributed by atoms with Gasteiger partial charge in [-0.1, -0.05) is 152 Å². The van der Waals surface area contributed by atoms with Crippen LogP contribution in [0.2, 0.25) is 0 Å². The summed E-state index contributed by atoms with van der Waals surface area (Å²) in [6, 6.07) is 47.2. The van der Waals surface area contributed by atoms with Crippen LogP contribution in [0.4, 0.5) is 34.3 Å². The predicted molar refractivity (Wildman–Crippen MR) is 319 cm³/mol.